The number of imidazole rings is 1. The SMILES string of the molecule is CC(NC(=O)C1CCCN1C(=O)CNC(=O)C(N)Cc1cnc[nH]1)C(=O)O. The third kappa shape index (κ3) is 5.51. The summed E-state index contributed by atoms with van der Waals surface area (Å²) in [7, 11) is 0. The molecular weight excluding hydrogens is 356 g/mol. The number of nitrogens with one attached hydrogen (secondary N) is 3. The number of carbonyl (C=O) groups is 4. The van der Waals surface area contributed by atoms with Gasteiger partial charge in [0.15, 0.2) is 0 Å². The molecule has 0 aliphatic carbocycles. The number of amides is 3. The van der Waals surface area contributed by atoms with Gasteiger partial charge in [0, 0.05) is 24.9 Å². The van der Waals surface area contributed by atoms with Gasteiger partial charge in [0.2, 0.25) is 17.7 Å². The molecule has 11 nitrogen and oxygen atoms in total. The maximum absolute atomic E-state index is 12.4. The van der Waals surface area contributed by atoms with Crippen molar-refractivity contribution in [2.45, 2.75) is 44.3 Å². The van der Waals surface area contributed by atoms with Gasteiger partial charge >= 0.3 is 5.97 Å². The summed E-state index contributed by atoms with van der Waals surface area (Å²) in [6.07, 6.45) is 4.36. The average Bonchev–Trinajstić information content (AvgIpc) is 3.30. The Balaban J connectivity index is 1.84. The first kappa shape index (κ1) is 20.4. The number of hydrogen-bond acceptors (Lipinski definition) is 6. The molecule has 3 atom stereocenters. The lowest BCUT2D eigenvalue weighted by Crippen LogP contribution is -2.52. The van der Waals surface area contributed by atoms with E-state index in [1.54, 1.807) is 6.20 Å². The van der Waals surface area contributed by atoms with E-state index in [-0.39, 0.29) is 13.0 Å². The number of rotatable bonds is 8. The lowest BCUT2D eigenvalue weighted by molar-refractivity contribution is -0.143. The average molecular weight is 380 g/mol. The van der Waals surface area contributed by atoms with Gasteiger partial charge in [0.25, 0.3) is 0 Å². The third-order valence-electron chi connectivity index (χ3n) is 4.35. The minimum Gasteiger partial charge on any atom is -0.480 e. The van der Waals surface area contributed by atoms with Crippen molar-refractivity contribution in [3.63, 3.8) is 0 Å². The second-order valence-electron chi connectivity index (χ2n) is 6.42. The zero-order chi connectivity index (χ0) is 20.0. The molecule has 27 heavy (non-hydrogen) atoms. The van der Waals surface area contributed by atoms with Crippen LogP contribution < -0.4 is 16.4 Å². The first-order valence-corrected chi connectivity index (χ1v) is 8.62. The van der Waals surface area contributed by atoms with Crippen molar-refractivity contribution in [1.82, 2.24) is 25.5 Å². The second kappa shape index (κ2) is 9.12. The van der Waals surface area contributed by atoms with Crippen molar-refractivity contribution in [1.29, 1.82) is 0 Å². The number of nitrogens with two attached hydrogens (primary N) is 1. The number of aliphatic carboxylic acids is 1. The fourth-order valence-electron chi connectivity index (χ4n) is 2.83. The summed E-state index contributed by atoms with van der Waals surface area (Å²) in [5, 5.41) is 13.7. The number of carbonyl (C=O) groups excluding carboxylic acids is 3. The number of carboxylic acid groups (broad SMARTS) is 1. The number of H-pyrrole nitrogens is 1. The van der Waals surface area contributed by atoms with E-state index in [2.05, 4.69) is 20.6 Å². The maximum Gasteiger partial charge on any atom is 0.325 e. The maximum atomic E-state index is 12.4. The summed E-state index contributed by atoms with van der Waals surface area (Å²) < 4.78 is 0. The Morgan fingerprint density at radius 2 is 2.19 bits per heavy atom. The predicted molar refractivity (Wildman–Crippen MR) is 93.3 cm³/mol. The number of carboxylic acids is 1. The van der Waals surface area contributed by atoms with Gasteiger partial charge in [0.05, 0.1) is 18.9 Å². The van der Waals surface area contributed by atoms with Crippen molar-refractivity contribution < 1.29 is 24.3 Å². The summed E-state index contributed by atoms with van der Waals surface area (Å²) in [6, 6.07) is -2.63. The molecule has 0 saturated carbocycles. The van der Waals surface area contributed by atoms with Crippen LogP contribution in [0.3, 0.4) is 0 Å². The Labute approximate surface area is 155 Å². The van der Waals surface area contributed by atoms with Crippen molar-refractivity contribution >= 4 is 23.7 Å². The van der Waals surface area contributed by atoms with Crippen LogP contribution in [0.4, 0.5) is 0 Å². The van der Waals surface area contributed by atoms with Gasteiger partial charge in [-0.25, -0.2) is 4.98 Å². The molecule has 2 heterocycles. The van der Waals surface area contributed by atoms with Gasteiger partial charge in [-0.2, -0.15) is 0 Å². The molecule has 0 radical (unpaired) electrons. The highest BCUT2D eigenvalue weighted by Crippen LogP contribution is 2.17. The highest BCUT2D eigenvalue weighted by Gasteiger charge is 2.35. The predicted octanol–water partition coefficient (Wildman–Crippen LogP) is -2.02. The van der Waals surface area contributed by atoms with Crippen LogP contribution in [0.5, 0.6) is 0 Å². The summed E-state index contributed by atoms with van der Waals surface area (Å²) in [5.41, 5.74) is 6.50. The van der Waals surface area contributed by atoms with E-state index in [4.69, 9.17) is 10.8 Å². The molecule has 1 aliphatic heterocycles. The van der Waals surface area contributed by atoms with Crippen molar-refractivity contribution in [2.75, 3.05) is 13.1 Å². The molecule has 2 rings (SSSR count). The van der Waals surface area contributed by atoms with Gasteiger partial charge in [0.1, 0.15) is 12.1 Å². The zero-order valence-corrected chi connectivity index (χ0v) is 15.0. The Morgan fingerprint density at radius 1 is 1.44 bits per heavy atom. The number of aromatic nitrogens is 2. The van der Waals surface area contributed by atoms with Crippen molar-refractivity contribution in [3.05, 3.63) is 18.2 Å². The minimum atomic E-state index is -1.15. The van der Waals surface area contributed by atoms with Gasteiger partial charge in [-0.1, -0.05) is 0 Å². The molecule has 148 valence electrons. The summed E-state index contributed by atoms with van der Waals surface area (Å²) >= 11 is 0. The van der Waals surface area contributed by atoms with Crippen LogP contribution >= 0.6 is 0 Å². The first-order chi connectivity index (χ1) is 12.8. The van der Waals surface area contributed by atoms with E-state index in [0.29, 0.717) is 25.1 Å². The third-order valence-corrected chi connectivity index (χ3v) is 4.35. The molecule has 1 aromatic heterocycles. The molecule has 1 saturated heterocycles. The van der Waals surface area contributed by atoms with Crippen LogP contribution in [0.25, 0.3) is 0 Å². The molecule has 0 bridgehead atoms. The summed E-state index contributed by atoms with van der Waals surface area (Å²) in [6.45, 7) is 1.44. The standard InChI is InChI=1S/C16H24N6O5/c1-9(16(26)27)21-15(25)12-3-2-4-22(12)13(23)7-19-14(24)11(17)5-10-6-18-8-20-10/h6,8-9,11-12H,2-5,7,17H2,1H3,(H,18,20)(H,19,24)(H,21,25)(H,26,27). The van der Waals surface area contributed by atoms with Crippen LogP contribution in [0.1, 0.15) is 25.5 Å². The van der Waals surface area contributed by atoms with Crippen LogP contribution in [-0.4, -0.2) is 74.9 Å². The largest absolute Gasteiger partial charge is 0.480 e. The van der Waals surface area contributed by atoms with Gasteiger partial charge in [-0.15, -0.1) is 0 Å². The van der Waals surface area contributed by atoms with Crippen molar-refractivity contribution in [2.24, 2.45) is 5.73 Å². The van der Waals surface area contributed by atoms with E-state index in [9.17, 15) is 19.2 Å². The molecule has 3 amide bonds. The molecule has 6 N–H and O–H groups in total. The lowest BCUT2D eigenvalue weighted by Gasteiger charge is -2.25. The van der Waals surface area contributed by atoms with Crippen LogP contribution in [-0.2, 0) is 25.6 Å². The monoisotopic (exact) mass is 380 g/mol. The molecule has 0 aromatic carbocycles. The quantitative estimate of drug-likeness (QED) is 0.346. The van der Waals surface area contributed by atoms with Crippen LogP contribution in [0, 0.1) is 0 Å². The van der Waals surface area contributed by atoms with Crippen LogP contribution in [0.15, 0.2) is 12.5 Å². The number of likely N-dealkylation sites (tertiary alicyclic amines) is 1. The van der Waals surface area contributed by atoms with E-state index >= 15 is 0 Å². The molecule has 1 fully saturated rings. The molecule has 1 aliphatic rings. The lowest BCUT2D eigenvalue weighted by atomic mass is 10.1. The highest BCUT2D eigenvalue weighted by atomic mass is 16.4. The Morgan fingerprint density at radius 3 is 2.81 bits per heavy atom. The van der Waals surface area contributed by atoms with E-state index in [0.717, 1.165) is 0 Å². The minimum absolute atomic E-state index is 0.252. The molecule has 0 spiro atoms. The van der Waals surface area contributed by atoms with Gasteiger partial charge in [-0.3, -0.25) is 19.2 Å². The molecule has 11 heteroatoms. The number of hydrogen-bond donors (Lipinski definition) is 5. The number of aromatic amines is 1. The first-order valence-electron chi connectivity index (χ1n) is 8.62. The number of nitrogens with zero attached hydrogens (tertiary/aromatic N) is 2. The Bertz CT molecular complexity index is 691. The van der Waals surface area contributed by atoms with E-state index < -0.39 is 41.8 Å². The van der Waals surface area contributed by atoms with E-state index in [1.165, 1.54) is 18.2 Å². The highest BCUT2D eigenvalue weighted by molar-refractivity contribution is 5.92. The van der Waals surface area contributed by atoms with Crippen molar-refractivity contribution in [3.8, 4) is 0 Å². The fraction of sp³-hybridized carbons (Fsp3) is 0.562. The van der Waals surface area contributed by atoms with E-state index in [1.807, 2.05) is 0 Å². The normalized spacial score (nSPS) is 18.6. The topological polar surface area (TPSA) is 171 Å². The summed E-state index contributed by atoms with van der Waals surface area (Å²) in [4.78, 5) is 55.5. The molecule has 3 unspecified atom stereocenters. The molecular formula is C16H24N6O5. The smallest absolute Gasteiger partial charge is 0.325 e. The Kier molecular flexibility index (Phi) is 6.88. The van der Waals surface area contributed by atoms with Crippen LogP contribution in [0.2, 0.25) is 0 Å². The second-order valence-corrected chi connectivity index (χ2v) is 6.42. The molecule has 1 aromatic rings. The zero-order valence-electron chi connectivity index (χ0n) is 15.0. The van der Waals surface area contributed by atoms with Gasteiger partial charge < -0.3 is 31.4 Å². The van der Waals surface area contributed by atoms with Gasteiger partial charge in [-0.05, 0) is 19.8 Å². The summed E-state index contributed by atoms with van der Waals surface area (Å²) in [5.74, 6) is -2.58. The Hall–Kier alpha value is -2.95. The fourth-order valence-corrected chi connectivity index (χ4v) is 2.83.